The summed E-state index contributed by atoms with van der Waals surface area (Å²) in [5.74, 6) is -0.837. The van der Waals surface area contributed by atoms with Gasteiger partial charge in [-0.25, -0.2) is 4.79 Å². The molecule has 2 aromatic carbocycles. The highest BCUT2D eigenvalue weighted by molar-refractivity contribution is 7.16. The van der Waals surface area contributed by atoms with Gasteiger partial charge in [0.1, 0.15) is 10.8 Å². The van der Waals surface area contributed by atoms with Crippen LogP contribution < -0.4 is 15.4 Å². The normalized spacial score (nSPS) is 11.5. The molecule has 0 bridgehead atoms. The molecule has 35 heavy (non-hydrogen) atoms. The fourth-order valence-corrected chi connectivity index (χ4v) is 4.72. The summed E-state index contributed by atoms with van der Waals surface area (Å²) in [5, 5.41) is 6.73. The second-order valence-corrected chi connectivity index (χ2v) is 9.69. The number of nitrogens with one attached hydrogen (secondary N) is 2. The number of carbonyl (C=O) groups excluding carboxylic acids is 3. The summed E-state index contributed by atoms with van der Waals surface area (Å²) in [4.78, 5) is 38.5. The fraction of sp³-hybridized carbons (Fsp3) is 0.240. The Morgan fingerprint density at radius 3 is 2.23 bits per heavy atom. The molecular weight excluding hydrogens is 511 g/mol. The third kappa shape index (κ3) is 6.75. The van der Waals surface area contributed by atoms with Crippen molar-refractivity contribution < 1.29 is 23.9 Å². The quantitative estimate of drug-likeness (QED) is 0.321. The average molecular weight is 535 g/mol. The first-order valence-corrected chi connectivity index (χ1v) is 12.3. The van der Waals surface area contributed by atoms with Gasteiger partial charge in [0.05, 0.1) is 12.2 Å². The van der Waals surface area contributed by atoms with E-state index in [0.717, 1.165) is 10.4 Å². The first-order valence-electron chi connectivity index (χ1n) is 10.7. The molecule has 1 atom stereocenters. The number of thiophene rings is 1. The number of ether oxygens (including phenoxy) is 2. The molecule has 0 radical (unpaired) electrons. The number of benzene rings is 2. The number of halogens is 2. The number of hydrogen-bond acceptors (Lipinski definition) is 6. The van der Waals surface area contributed by atoms with Crippen LogP contribution in [0.4, 0.5) is 10.7 Å². The minimum atomic E-state index is -0.823. The molecule has 0 unspecified atom stereocenters. The van der Waals surface area contributed by atoms with E-state index in [4.69, 9.17) is 32.7 Å². The van der Waals surface area contributed by atoms with Crippen LogP contribution in [0.2, 0.25) is 10.0 Å². The summed E-state index contributed by atoms with van der Waals surface area (Å²) in [5.41, 5.74) is 1.96. The van der Waals surface area contributed by atoms with Crippen LogP contribution in [-0.2, 0) is 9.53 Å². The minimum Gasteiger partial charge on any atom is -0.481 e. The van der Waals surface area contributed by atoms with Crippen LogP contribution in [0.25, 0.3) is 0 Å². The first kappa shape index (κ1) is 26.5. The van der Waals surface area contributed by atoms with E-state index in [1.807, 2.05) is 13.8 Å². The molecule has 184 valence electrons. The SMILES string of the molecule is CCOC(=O)c1c(NC(=O)c2ccc(O[C@@H](C)C(=O)Nc3cc(Cl)cc(Cl)c3)cc2)sc(C)c1C. The molecule has 1 aromatic heterocycles. The summed E-state index contributed by atoms with van der Waals surface area (Å²) in [6.07, 6.45) is -0.823. The summed E-state index contributed by atoms with van der Waals surface area (Å²) in [7, 11) is 0. The second-order valence-electron chi connectivity index (χ2n) is 7.59. The largest absolute Gasteiger partial charge is 0.481 e. The topological polar surface area (TPSA) is 93.7 Å². The van der Waals surface area contributed by atoms with Crippen molar-refractivity contribution >= 4 is 63.0 Å². The number of carbonyl (C=O) groups is 3. The van der Waals surface area contributed by atoms with Gasteiger partial charge in [-0.2, -0.15) is 0 Å². The van der Waals surface area contributed by atoms with Crippen molar-refractivity contribution in [2.24, 2.45) is 0 Å². The Labute approximate surface area is 217 Å². The second kappa shape index (κ2) is 11.6. The standard InChI is InChI=1S/C25H24Cl2N2O5S/c1-5-33-25(32)21-13(2)15(4)35-24(21)29-23(31)16-6-8-20(9-7-16)34-14(3)22(30)28-19-11-17(26)10-18(27)12-19/h6-12,14H,5H2,1-4H3,(H,28,30)(H,29,31)/t14-/m0/s1. The number of amides is 2. The molecule has 2 amide bonds. The fourth-order valence-electron chi connectivity index (χ4n) is 3.15. The van der Waals surface area contributed by atoms with Crippen LogP contribution >= 0.6 is 34.5 Å². The zero-order valence-electron chi connectivity index (χ0n) is 19.5. The van der Waals surface area contributed by atoms with Crippen molar-refractivity contribution in [3.63, 3.8) is 0 Å². The highest BCUT2D eigenvalue weighted by Gasteiger charge is 2.22. The summed E-state index contributed by atoms with van der Waals surface area (Å²) >= 11 is 13.2. The van der Waals surface area contributed by atoms with Crippen molar-refractivity contribution in [3.8, 4) is 5.75 Å². The number of aryl methyl sites for hydroxylation is 1. The number of rotatable bonds is 8. The van der Waals surface area contributed by atoms with Crippen LogP contribution in [0.5, 0.6) is 5.75 Å². The van der Waals surface area contributed by atoms with Gasteiger partial charge in [-0.1, -0.05) is 23.2 Å². The lowest BCUT2D eigenvalue weighted by Crippen LogP contribution is -2.30. The average Bonchev–Trinajstić information content (AvgIpc) is 3.06. The van der Waals surface area contributed by atoms with E-state index in [-0.39, 0.29) is 18.4 Å². The van der Waals surface area contributed by atoms with Crippen LogP contribution in [-0.4, -0.2) is 30.5 Å². The van der Waals surface area contributed by atoms with E-state index in [1.54, 1.807) is 56.3 Å². The first-order chi connectivity index (χ1) is 16.6. The Kier molecular flexibility index (Phi) is 8.77. The van der Waals surface area contributed by atoms with Crippen LogP contribution in [0, 0.1) is 13.8 Å². The highest BCUT2D eigenvalue weighted by atomic mass is 35.5. The van der Waals surface area contributed by atoms with Crippen molar-refractivity contribution in [1.82, 2.24) is 0 Å². The maximum Gasteiger partial charge on any atom is 0.341 e. The Morgan fingerprint density at radius 2 is 1.63 bits per heavy atom. The lowest BCUT2D eigenvalue weighted by atomic mass is 10.1. The lowest BCUT2D eigenvalue weighted by molar-refractivity contribution is -0.122. The van der Waals surface area contributed by atoms with Gasteiger partial charge < -0.3 is 20.1 Å². The number of hydrogen-bond donors (Lipinski definition) is 2. The maximum absolute atomic E-state index is 12.8. The van der Waals surface area contributed by atoms with Gasteiger partial charge in [0.2, 0.25) is 0 Å². The molecule has 7 nitrogen and oxygen atoms in total. The molecule has 0 fully saturated rings. The van der Waals surface area contributed by atoms with Gasteiger partial charge in [0.15, 0.2) is 6.10 Å². The summed E-state index contributed by atoms with van der Waals surface area (Å²) in [6, 6.07) is 11.0. The third-order valence-corrected chi connectivity index (χ3v) is 6.58. The molecule has 3 rings (SSSR count). The van der Waals surface area contributed by atoms with Crippen molar-refractivity contribution in [2.45, 2.75) is 33.8 Å². The Hall–Kier alpha value is -3.07. The van der Waals surface area contributed by atoms with Crippen LogP contribution in [0.15, 0.2) is 42.5 Å². The highest BCUT2D eigenvalue weighted by Crippen LogP contribution is 2.33. The monoisotopic (exact) mass is 534 g/mol. The van der Waals surface area contributed by atoms with E-state index in [0.29, 0.717) is 37.6 Å². The Balaban J connectivity index is 1.65. The van der Waals surface area contributed by atoms with Crippen molar-refractivity contribution in [2.75, 3.05) is 17.2 Å². The van der Waals surface area contributed by atoms with Crippen LogP contribution in [0.1, 0.15) is 45.0 Å². The molecule has 0 aliphatic rings. The van der Waals surface area contributed by atoms with E-state index >= 15 is 0 Å². The predicted molar refractivity (Wildman–Crippen MR) is 139 cm³/mol. The van der Waals surface area contributed by atoms with Gasteiger partial charge >= 0.3 is 5.97 Å². The third-order valence-electron chi connectivity index (χ3n) is 5.02. The summed E-state index contributed by atoms with van der Waals surface area (Å²) < 4.78 is 10.8. The van der Waals surface area contributed by atoms with Gasteiger partial charge in [-0.05, 0) is 75.7 Å². The van der Waals surface area contributed by atoms with Gasteiger partial charge in [-0.3, -0.25) is 9.59 Å². The molecular formula is C25H24Cl2N2O5S. The molecule has 3 aromatic rings. The van der Waals surface area contributed by atoms with E-state index in [9.17, 15) is 14.4 Å². The number of esters is 1. The number of anilines is 2. The molecule has 1 heterocycles. The van der Waals surface area contributed by atoms with Gasteiger partial charge in [-0.15, -0.1) is 11.3 Å². The van der Waals surface area contributed by atoms with Gasteiger partial charge in [0.25, 0.3) is 11.8 Å². The minimum absolute atomic E-state index is 0.241. The molecule has 2 N–H and O–H groups in total. The van der Waals surface area contributed by atoms with Crippen molar-refractivity contribution in [1.29, 1.82) is 0 Å². The predicted octanol–water partition coefficient (Wildman–Crippen LogP) is 6.51. The smallest absolute Gasteiger partial charge is 0.341 e. The Bertz CT molecular complexity index is 1240. The zero-order chi connectivity index (χ0) is 25.7. The summed E-state index contributed by atoms with van der Waals surface area (Å²) in [6.45, 7) is 7.26. The lowest BCUT2D eigenvalue weighted by Gasteiger charge is -2.15. The van der Waals surface area contributed by atoms with E-state index < -0.39 is 12.1 Å². The molecule has 0 saturated heterocycles. The maximum atomic E-state index is 12.8. The molecule has 0 saturated carbocycles. The molecule has 10 heteroatoms. The Morgan fingerprint density at radius 1 is 1.00 bits per heavy atom. The zero-order valence-corrected chi connectivity index (χ0v) is 21.9. The van der Waals surface area contributed by atoms with Crippen molar-refractivity contribution in [3.05, 3.63) is 74.1 Å². The molecule has 0 aliphatic carbocycles. The molecule has 0 aliphatic heterocycles. The van der Waals surface area contributed by atoms with E-state index in [2.05, 4.69) is 10.6 Å². The van der Waals surface area contributed by atoms with E-state index in [1.165, 1.54) is 11.3 Å². The van der Waals surface area contributed by atoms with Crippen LogP contribution in [0.3, 0.4) is 0 Å². The molecule has 0 spiro atoms. The van der Waals surface area contributed by atoms with Gasteiger partial charge in [0, 0.05) is 26.2 Å².